The van der Waals surface area contributed by atoms with E-state index in [1.807, 2.05) is 18.2 Å². The number of fused-ring (bicyclic) bond motifs is 1. The van der Waals surface area contributed by atoms with Gasteiger partial charge in [0.05, 0.1) is 12.1 Å². The van der Waals surface area contributed by atoms with Gasteiger partial charge < -0.3 is 19.8 Å². The standard InChI is InChI=1S/C19H27N3O2/c1-3-20-18(22-14-19(2)10-6-12-23-19)21-11-9-16-13-15-7-4-5-8-17(15)24-16/h4-5,7-8,13H,3,6,9-12,14H2,1-2H3,(H2,20,21,22). The summed E-state index contributed by atoms with van der Waals surface area (Å²) in [6.07, 6.45) is 3.03. The van der Waals surface area contributed by atoms with Crippen LogP contribution in [0.1, 0.15) is 32.4 Å². The lowest BCUT2D eigenvalue weighted by molar-refractivity contribution is 0.0283. The van der Waals surface area contributed by atoms with Gasteiger partial charge in [0.15, 0.2) is 5.96 Å². The van der Waals surface area contributed by atoms with Gasteiger partial charge in [-0.15, -0.1) is 0 Å². The molecule has 2 heterocycles. The molecule has 1 fully saturated rings. The van der Waals surface area contributed by atoms with Crippen LogP contribution in [0.2, 0.25) is 0 Å². The monoisotopic (exact) mass is 329 g/mol. The van der Waals surface area contributed by atoms with Gasteiger partial charge in [-0.1, -0.05) is 18.2 Å². The van der Waals surface area contributed by atoms with E-state index in [4.69, 9.17) is 9.15 Å². The number of nitrogens with one attached hydrogen (secondary N) is 2. The van der Waals surface area contributed by atoms with Gasteiger partial charge in [-0.2, -0.15) is 0 Å². The zero-order valence-corrected chi connectivity index (χ0v) is 14.6. The van der Waals surface area contributed by atoms with Crippen molar-refractivity contribution in [2.75, 3.05) is 26.2 Å². The highest BCUT2D eigenvalue weighted by molar-refractivity contribution is 5.80. The third-order valence-electron chi connectivity index (χ3n) is 4.36. The van der Waals surface area contributed by atoms with Crippen molar-refractivity contribution in [3.63, 3.8) is 0 Å². The molecule has 1 aromatic heterocycles. The van der Waals surface area contributed by atoms with Gasteiger partial charge in [-0.3, -0.25) is 4.99 Å². The van der Waals surface area contributed by atoms with Crippen LogP contribution >= 0.6 is 0 Å². The van der Waals surface area contributed by atoms with Gasteiger partial charge in [0.1, 0.15) is 11.3 Å². The third-order valence-corrected chi connectivity index (χ3v) is 4.36. The number of nitrogens with zero attached hydrogens (tertiary/aromatic N) is 1. The van der Waals surface area contributed by atoms with E-state index < -0.39 is 0 Å². The Balaban J connectivity index is 1.53. The summed E-state index contributed by atoms with van der Waals surface area (Å²) in [5.41, 5.74) is 0.834. The Labute approximate surface area is 143 Å². The second kappa shape index (κ2) is 7.71. The predicted molar refractivity (Wildman–Crippen MR) is 97.5 cm³/mol. The maximum absolute atomic E-state index is 5.85. The average Bonchev–Trinajstić information content (AvgIpc) is 3.19. The van der Waals surface area contributed by atoms with E-state index in [-0.39, 0.29) is 5.60 Å². The second-order valence-electron chi connectivity index (χ2n) is 6.52. The lowest BCUT2D eigenvalue weighted by Gasteiger charge is -2.21. The van der Waals surface area contributed by atoms with Crippen molar-refractivity contribution in [1.29, 1.82) is 0 Å². The molecule has 130 valence electrons. The fourth-order valence-electron chi connectivity index (χ4n) is 3.01. The minimum atomic E-state index is -0.110. The number of hydrogen-bond donors (Lipinski definition) is 2. The van der Waals surface area contributed by atoms with Crippen molar-refractivity contribution >= 4 is 16.9 Å². The first-order chi connectivity index (χ1) is 11.7. The van der Waals surface area contributed by atoms with E-state index in [0.717, 1.165) is 61.6 Å². The second-order valence-corrected chi connectivity index (χ2v) is 6.52. The first-order valence-electron chi connectivity index (χ1n) is 8.82. The normalized spacial score (nSPS) is 21.3. The number of furan rings is 1. The fourth-order valence-corrected chi connectivity index (χ4v) is 3.01. The number of guanidine groups is 1. The Morgan fingerprint density at radius 1 is 1.29 bits per heavy atom. The van der Waals surface area contributed by atoms with Crippen LogP contribution in [-0.2, 0) is 11.2 Å². The smallest absolute Gasteiger partial charge is 0.191 e. The molecule has 0 saturated carbocycles. The molecule has 1 unspecified atom stereocenters. The summed E-state index contributed by atoms with van der Waals surface area (Å²) in [5, 5.41) is 7.82. The maximum atomic E-state index is 5.85. The van der Waals surface area contributed by atoms with Crippen molar-refractivity contribution in [1.82, 2.24) is 10.6 Å². The molecule has 1 aliphatic rings. The van der Waals surface area contributed by atoms with E-state index in [2.05, 4.69) is 41.6 Å². The molecule has 1 atom stereocenters. The molecule has 1 saturated heterocycles. The molecule has 0 bridgehead atoms. The molecule has 0 amide bonds. The number of ether oxygens (including phenoxy) is 1. The summed E-state index contributed by atoms with van der Waals surface area (Å²) in [6, 6.07) is 10.2. The first kappa shape index (κ1) is 16.8. The fraction of sp³-hybridized carbons (Fsp3) is 0.526. The molecule has 5 nitrogen and oxygen atoms in total. The van der Waals surface area contributed by atoms with Crippen molar-refractivity contribution in [3.05, 3.63) is 36.1 Å². The van der Waals surface area contributed by atoms with Gasteiger partial charge in [0, 0.05) is 31.5 Å². The summed E-state index contributed by atoms with van der Waals surface area (Å²) in [7, 11) is 0. The molecule has 0 radical (unpaired) electrons. The van der Waals surface area contributed by atoms with Crippen LogP contribution in [0.15, 0.2) is 39.7 Å². The van der Waals surface area contributed by atoms with Crippen molar-refractivity contribution < 1.29 is 9.15 Å². The zero-order chi connectivity index (χ0) is 16.8. The predicted octanol–water partition coefficient (Wildman–Crippen LogP) is 3.10. The van der Waals surface area contributed by atoms with Gasteiger partial charge in [0.25, 0.3) is 0 Å². The molecular formula is C19H27N3O2. The van der Waals surface area contributed by atoms with Gasteiger partial charge >= 0.3 is 0 Å². The highest BCUT2D eigenvalue weighted by Gasteiger charge is 2.29. The van der Waals surface area contributed by atoms with Crippen LogP contribution in [0.3, 0.4) is 0 Å². The molecule has 24 heavy (non-hydrogen) atoms. The van der Waals surface area contributed by atoms with E-state index in [9.17, 15) is 0 Å². The SMILES string of the molecule is CCNC(=NCC1(C)CCCO1)NCCc1cc2ccccc2o1. The summed E-state index contributed by atoms with van der Waals surface area (Å²) in [6.45, 7) is 7.37. The van der Waals surface area contributed by atoms with Crippen LogP contribution in [0.4, 0.5) is 0 Å². The van der Waals surface area contributed by atoms with Crippen molar-refractivity contribution in [3.8, 4) is 0 Å². The summed E-state index contributed by atoms with van der Waals surface area (Å²) >= 11 is 0. The Morgan fingerprint density at radius 3 is 2.92 bits per heavy atom. The topological polar surface area (TPSA) is 58.8 Å². The molecule has 1 aromatic carbocycles. The van der Waals surface area contributed by atoms with E-state index >= 15 is 0 Å². The Kier molecular flexibility index (Phi) is 5.41. The minimum Gasteiger partial charge on any atom is -0.461 e. The quantitative estimate of drug-likeness (QED) is 0.631. The number of hydrogen-bond acceptors (Lipinski definition) is 3. The number of aliphatic imine (C=N–C) groups is 1. The van der Waals surface area contributed by atoms with Crippen molar-refractivity contribution in [2.24, 2.45) is 4.99 Å². The highest BCUT2D eigenvalue weighted by Crippen LogP contribution is 2.25. The molecule has 2 aromatic rings. The summed E-state index contributed by atoms with van der Waals surface area (Å²) < 4.78 is 11.6. The largest absolute Gasteiger partial charge is 0.461 e. The number of rotatable bonds is 6. The lowest BCUT2D eigenvalue weighted by atomic mass is 10.0. The minimum absolute atomic E-state index is 0.110. The number of para-hydroxylation sites is 1. The van der Waals surface area contributed by atoms with Crippen LogP contribution in [0, 0.1) is 0 Å². The molecule has 2 N–H and O–H groups in total. The van der Waals surface area contributed by atoms with Crippen LogP contribution < -0.4 is 10.6 Å². The van der Waals surface area contributed by atoms with E-state index in [1.165, 1.54) is 0 Å². The van der Waals surface area contributed by atoms with Gasteiger partial charge in [-0.25, -0.2) is 0 Å². The lowest BCUT2D eigenvalue weighted by Crippen LogP contribution is -2.40. The molecule has 3 rings (SSSR count). The van der Waals surface area contributed by atoms with E-state index in [1.54, 1.807) is 0 Å². The molecular weight excluding hydrogens is 302 g/mol. The van der Waals surface area contributed by atoms with Crippen molar-refractivity contribution in [2.45, 2.75) is 38.7 Å². The molecule has 5 heteroatoms. The zero-order valence-electron chi connectivity index (χ0n) is 14.6. The average molecular weight is 329 g/mol. The van der Waals surface area contributed by atoms with Crippen LogP contribution in [-0.4, -0.2) is 37.8 Å². The van der Waals surface area contributed by atoms with E-state index in [0.29, 0.717) is 6.54 Å². The molecule has 0 aliphatic carbocycles. The molecule has 0 spiro atoms. The summed E-state index contributed by atoms with van der Waals surface area (Å²) in [5.74, 6) is 1.83. The third kappa shape index (κ3) is 4.29. The molecule has 1 aliphatic heterocycles. The maximum Gasteiger partial charge on any atom is 0.191 e. The van der Waals surface area contributed by atoms with Crippen LogP contribution in [0.5, 0.6) is 0 Å². The van der Waals surface area contributed by atoms with Gasteiger partial charge in [0.2, 0.25) is 0 Å². The first-order valence-corrected chi connectivity index (χ1v) is 8.82. The Bertz CT molecular complexity index is 654. The Morgan fingerprint density at radius 2 is 2.17 bits per heavy atom. The van der Waals surface area contributed by atoms with Gasteiger partial charge in [-0.05, 0) is 38.8 Å². The highest BCUT2D eigenvalue weighted by atomic mass is 16.5. The number of benzene rings is 1. The Hall–Kier alpha value is -2.01. The van der Waals surface area contributed by atoms with Crippen LogP contribution in [0.25, 0.3) is 11.0 Å². The summed E-state index contributed by atoms with van der Waals surface area (Å²) in [4.78, 5) is 4.68.